The molecule has 1 unspecified atom stereocenters. The molecule has 0 radical (unpaired) electrons. The average molecular weight is 362 g/mol. The topological polar surface area (TPSA) is 32.3 Å². The van der Waals surface area contributed by atoms with E-state index in [1.54, 1.807) is 4.90 Å². The van der Waals surface area contributed by atoms with Crippen LogP contribution in [0.2, 0.25) is 0 Å². The molecule has 1 aliphatic rings. The predicted molar refractivity (Wildman–Crippen MR) is 94.9 cm³/mol. The van der Waals surface area contributed by atoms with Crippen LogP contribution in [0.5, 0.6) is 0 Å². The third kappa shape index (κ3) is 4.36. The number of carbonyl (C=O) groups excluding carboxylic acids is 1. The Balaban J connectivity index is 1.80. The second kappa shape index (κ2) is 7.81. The third-order valence-corrected chi connectivity index (χ3v) is 4.64. The number of hydrogen-bond donors (Lipinski definition) is 1. The van der Waals surface area contributed by atoms with Crippen LogP contribution < -0.4 is 5.32 Å². The molecule has 1 saturated heterocycles. The molecule has 0 saturated carbocycles. The summed E-state index contributed by atoms with van der Waals surface area (Å²) in [6, 6.07) is 14.4. The van der Waals surface area contributed by atoms with Gasteiger partial charge in [-0.1, -0.05) is 30.3 Å². The Hall–Kier alpha value is -2.50. The molecule has 3 rings (SSSR count). The third-order valence-electron chi connectivity index (χ3n) is 4.64. The summed E-state index contributed by atoms with van der Waals surface area (Å²) in [5, 5.41) is 3.22. The summed E-state index contributed by atoms with van der Waals surface area (Å²) in [5.41, 5.74) is 0.765. The lowest BCUT2D eigenvalue weighted by Gasteiger charge is -2.24. The number of benzene rings is 2. The zero-order valence-electron chi connectivity index (χ0n) is 14.3. The molecule has 1 amide bonds. The van der Waals surface area contributed by atoms with Gasteiger partial charge in [0.1, 0.15) is 0 Å². The molecule has 0 bridgehead atoms. The maximum Gasteiger partial charge on any atom is 0.416 e. The van der Waals surface area contributed by atoms with Crippen LogP contribution in [-0.4, -0.2) is 30.4 Å². The fourth-order valence-corrected chi connectivity index (χ4v) is 3.19. The lowest BCUT2D eigenvalue weighted by molar-refractivity contribution is -0.137. The first kappa shape index (κ1) is 18.3. The van der Waals surface area contributed by atoms with Crippen LogP contribution in [0.1, 0.15) is 29.9 Å². The van der Waals surface area contributed by atoms with Gasteiger partial charge >= 0.3 is 6.18 Å². The van der Waals surface area contributed by atoms with Gasteiger partial charge in [0.25, 0.3) is 0 Å². The number of para-hydroxylation sites is 1. The zero-order chi connectivity index (χ0) is 18.6. The highest BCUT2D eigenvalue weighted by Gasteiger charge is 2.32. The van der Waals surface area contributed by atoms with E-state index in [1.807, 2.05) is 30.3 Å². The van der Waals surface area contributed by atoms with E-state index >= 15 is 0 Å². The monoisotopic (exact) mass is 362 g/mol. The first-order valence-electron chi connectivity index (χ1n) is 8.70. The largest absolute Gasteiger partial charge is 0.416 e. The summed E-state index contributed by atoms with van der Waals surface area (Å²) in [6.07, 6.45) is -2.44. The van der Waals surface area contributed by atoms with E-state index < -0.39 is 17.7 Å². The molecule has 1 aliphatic heterocycles. The molecule has 1 N–H and O–H groups in total. The van der Waals surface area contributed by atoms with Gasteiger partial charge in [0, 0.05) is 25.3 Å². The van der Waals surface area contributed by atoms with Gasteiger partial charge in [-0.3, -0.25) is 4.79 Å². The highest BCUT2D eigenvalue weighted by molar-refractivity contribution is 5.84. The number of alkyl halides is 3. The average Bonchev–Trinajstić information content (AvgIpc) is 3.17. The van der Waals surface area contributed by atoms with Crippen molar-refractivity contribution in [2.75, 3.05) is 25.0 Å². The van der Waals surface area contributed by atoms with Crippen LogP contribution in [0.15, 0.2) is 54.6 Å². The molecular weight excluding hydrogens is 341 g/mol. The molecule has 0 spiro atoms. The Morgan fingerprint density at radius 2 is 1.62 bits per heavy atom. The number of carbonyl (C=O) groups is 1. The molecule has 0 aliphatic carbocycles. The Morgan fingerprint density at radius 1 is 1.00 bits per heavy atom. The maximum atomic E-state index is 12.9. The SMILES string of the molecule is O=C(C(CNc1ccccc1)c1ccc(C(F)(F)F)cc1)N1CCCC1. The normalized spacial score (nSPS) is 15.7. The molecule has 2 aromatic rings. The molecule has 2 aromatic carbocycles. The lowest BCUT2D eigenvalue weighted by Crippen LogP contribution is -2.35. The van der Waals surface area contributed by atoms with E-state index in [0.29, 0.717) is 25.2 Å². The quantitative estimate of drug-likeness (QED) is 0.848. The lowest BCUT2D eigenvalue weighted by atomic mass is 9.96. The molecule has 26 heavy (non-hydrogen) atoms. The zero-order valence-corrected chi connectivity index (χ0v) is 14.3. The first-order valence-corrected chi connectivity index (χ1v) is 8.70. The molecule has 1 atom stereocenters. The number of anilines is 1. The summed E-state index contributed by atoms with van der Waals surface area (Å²) < 4.78 is 38.4. The van der Waals surface area contributed by atoms with Crippen LogP contribution in [0, 0.1) is 0 Å². The van der Waals surface area contributed by atoms with Crippen molar-refractivity contribution in [3.63, 3.8) is 0 Å². The van der Waals surface area contributed by atoms with Crippen LogP contribution in [0.3, 0.4) is 0 Å². The van der Waals surface area contributed by atoms with Crippen molar-refractivity contribution in [1.29, 1.82) is 0 Å². The van der Waals surface area contributed by atoms with Gasteiger partial charge in [0.2, 0.25) is 5.91 Å². The van der Waals surface area contributed by atoms with Gasteiger partial charge in [-0.15, -0.1) is 0 Å². The smallest absolute Gasteiger partial charge is 0.384 e. The van der Waals surface area contributed by atoms with E-state index in [1.165, 1.54) is 12.1 Å². The molecule has 0 aromatic heterocycles. The summed E-state index contributed by atoms with van der Waals surface area (Å²) in [6.45, 7) is 1.76. The number of likely N-dealkylation sites (tertiary alicyclic amines) is 1. The molecule has 1 fully saturated rings. The first-order chi connectivity index (χ1) is 12.4. The molecule has 138 valence electrons. The van der Waals surface area contributed by atoms with Crippen LogP contribution in [0.4, 0.5) is 18.9 Å². The van der Waals surface area contributed by atoms with Gasteiger partial charge in [-0.05, 0) is 42.7 Å². The Labute approximate surface area is 150 Å². The minimum atomic E-state index is -4.38. The molecule has 1 heterocycles. The van der Waals surface area contributed by atoms with Gasteiger partial charge in [-0.25, -0.2) is 0 Å². The summed E-state index contributed by atoms with van der Waals surface area (Å²) in [5.74, 6) is -0.554. The molecule has 3 nitrogen and oxygen atoms in total. The fourth-order valence-electron chi connectivity index (χ4n) is 3.19. The molecular formula is C20H21F3N2O. The van der Waals surface area contributed by atoms with Crippen molar-refractivity contribution in [2.24, 2.45) is 0 Å². The molecule has 6 heteroatoms. The van der Waals surface area contributed by atoms with Crippen molar-refractivity contribution >= 4 is 11.6 Å². The van der Waals surface area contributed by atoms with Crippen molar-refractivity contribution < 1.29 is 18.0 Å². The Bertz CT molecular complexity index is 723. The van der Waals surface area contributed by atoms with E-state index in [-0.39, 0.29) is 5.91 Å². The van der Waals surface area contributed by atoms with Gasteiger partial charge < -0.3 is 10.2 Å². The predicted octanol–water partition coefficient (Wildman–Crippen LogP) is 4.52. The van der Waals surface area contributed by atoms with E-state index in [4.69, 9.17) is 0 Å². The number of nitrogens with zero attached hydrogens (tertiary/aromatic N) is 1. The van der Waals surface area contributed by atoms with Crippen molar-refractivity contribution in [3.05, 3.63) is 65.7 Å². The number of halogens is 3. The Morgan fingerprint density at radius 3 is 2.19 bits per heavy atom. The van der Waals surface area contributed by atoms with Crippen molar-refractivity contribution in [2.45, 2.75) is 24.9 Å². The number of hydrogen-bond acceptors (Lipinski definition) is 2. The van der Waals surface area contributed by atoms with Crippen LogP contribution in [0.25, 0.3) is 0 Å². The second-order valence-electron chi connectivity index (χ2n) is 6.45. The Kier molecular flexibility index (Phi) is 5.49. The number of nitrogens with one attached hydrogen (secondary N) is 1. The summed E-state index contributed by atoms with van der Waals surface area (Å²) in [4.78, 5) is 14.7. The van der Waals surface area contributed by atoms with Crippen LogP contribution >= 0.6 is 0 Å². The summed E-state index contributed by atoms with van der Waals surface area (Å²) in [7, 11) is 0. The minimum Gasteiger partial charge on any atom is -0.384 e. The van der Waals surface area contributed by atoms with E-state index in [0.717, 1.165) is 30.7 Å². The minimum absolute atomic E-state index is 0.0364. The fraction of sp³-hybridized carbons (Fsp3) is 0.350. The van der Waals surface area contributed by atoms with Crippen LogP contribution in [-0.2, 0) is 11.0 Å². The van der Waals surface area contributed by atoms with Gasteiger partial charge in [0.15, 0.2) is 0 Å². The summed E-state index contributed by atoms with van der Waals surface area (Å²) >= 11 is 0. The number of amides is 1. The highest BCUT2D eigenvalue weighted by Crippen LogP contribution is 2.31. The maximum absolute atomic E-state index is 12.9. The van der Waals surface area contributed by atoms with Crippen molar-refractivity contribution in [1.82, 2.24) is 4.90 Å². The van der Waals surface area contributed by atoms with Crippen molar-refractivity contribution in [3.8, 4) is 0 Å². The number of rotatable bonds is 5. The standard InChI is InChI=1S/C20H21F3N2O/c21-20(22,23)16-10-8-15(9-11-16)18(19(26)25-12-4-5-13-25)14-24-17-6-2-1-3-7-17/h1-3,6-11,18,24H,4-5,12-14H2. The van der Waals surface area contributed by atoms with Gasteiger partial charge in [0.05, 0.1) is 11.5 Å². The van der Waals surface area contributed by atoms with E-state index in [2.05, 4.69) is 5.32 Å². The second-order valence-corrected chi connectivity index (χ2v) is 6.45. The highest BCUT2D eigenvalue weighted by atomic mass is 19.4. The van der Waals surface area contributed by atoms with E-state index in [9.17, 15) is 18.0 Å². The van der Waals surface area contributed by atoms with Gasteiger partial charge in [-0.2, -0.15) is 13.2 Å².